The van der Waals surface area contributed by atoms with Crippen molar-refractivity contribution in [3.8, 4) is 0 Å². The average molecular weight is 292 g/mol. The minimum atomic E-state index is 0.250. The van der Waals surface area contributed by atoms with Crippen LogP contribution in [0.2, 0.25) is 0 Å². The van der Waals surface area contributed by atoms with E-state index in [-0.39, 0.29) is 5.54 Å². The van der Waals surface area contributed by atoms with Crippen LogP contribution < -0.4 is 5.32 Å². The van der Waals surface area contributed by atoms with Gasteiger partial charge in [-0.05, 0) is 31.2 Å². The van der Waals surface area contributed by atoms with E-state index in [0.29, 0.717) is 0 Å². The molecule has 1 N–H and O–H groups in total. The lowest BCUT2D eigenvalue weighted by Crippen LogP contribution is -2.29. The molecule has 0 saturated heterocycles. The van der Waals surface area contributed by atoms with Gasteiger partial charge in [0.05, 0.1) is 11.2 Å². The standard InChI is InChI=1S/C15H20N2S2/c1-18-13-8-4-3-7-12(13)16-14-17-15(11-19-14)9-5-2-6-10-15/h3-4,7-8H,2,5-6,9-11H2,1H3,(H,16,17). The molecule has 0 aromatic heterocycles. The van der Waals surface area contributed by atoms with Crippen molar-refractivity contribution in [3.05, 3.63) is 24.3 Å². The normalized spacial score (nSPS) is 21.4. The monoisotopic (exact) mass is 292 g/mol. The molecule has 2 nitrogen and oxygen atoms in total. The van der Waals surface area contributed by atoms with E-state index in [1.807, 2.05) is 11.8 Å². The lowest BCUT2D eigenvalue weighted by atomic mass is 9.84. The van der Waals surface area contributed by atoms with Crippen molar-refractivity contribution in [2.24, 2.45) is 4.99 Å². The highest BCUT2D eigenvalue weighted by atomic mass is 32.2. The number of nitrogens with zero attached hydrogens (tertiary/aromatic N) is 1. The Morgan fingerprint density at radius 1 is 1.21 bits per heavy atom. The van der Waals surface area contributed by atoms with E-state index in [2.05, 4.69) is 35.8 Å². The van der Waals surface area contributed by atoms with E-state index in [1.165, 1.54) is 42.7 Å². The number of thioether (sulfide) groups is 2. The van der Waals surface area contributed by atoms with E-state index in [4.69, 9.17) is 4.99 Å². The molecule has 0 atom stereocenters. The molecule has 19 heavy (non-hydrogen) atoms. The maximum absolute atomic E-state index is 5.01. The van der Waals surface area contributed by atoms with Gasteiger partial charge >= 0.3 is 0 Å². The van der Waals surface area contributed by atoms with E-state index in [0.717, 1.165) is 10.9 Å². The zero-order valence-corrected chi connectivity index (χ0v) is 12.9. The zero-order valence-electron chi connectivity index (χ0n) is 11.3. The summed E-state index contributed by atoms with van der Waals surface area (Å²) >= 11 is 3.67. The van der Waals surface area contributed by atoms with Crippen molar-refractivity contribution in [1.29, 1.82) is 0 Å². The Morgan fingerprint density at radius 2 is 2.00 bits per heavy atom. The first-order valence-electron chi connectivity index (χ1n) is 6.94. The molecule has 1 aromatic carbocycles. The third-order valence-corrected chi connectivity index (χ3v) is 5.89. The van der Waals surface area contributed by atoms with Gasteiger partial charge < -0.3 is 5.32 Å². The molecule has 0 radical (unpaired) electrons. The summed E-state index contributed by atoms with van der Waals surface area (Å²) in [5, 5.41) is 4.64. The van der Waals surface area contributed by atoms with Crippen molar-refractivity contribution in [2.75, 3.05) is 17.3 Å². The highest BCUT2D eigenvalue weighted by Gasteiger charge is 2.36. The SMILES string of the molecule is CSc1ccccc1NC1=NC2(CCCCC2)CS1. The number of aliphatic imine (C=N–C) groups is 1. The summed E-state index contributed by atoms with van der Waals surface area (Å²) in [7, 11) is 0. The minimum absolute atomic E-state index is 0.250. The summed E-state index contributed by atoms with van der Waals surface area (Å²) in [5.41, 5.74) is 1.44. The molecule has 1 aliphatic carbocycles. The van der Waals surface area contributed by atoms with Gasteiger partial charge in [0.15, 0.2) is 5.17 Å². The van der Waals surface area contributed by atoms with Crippen LogP contribution in [-0.2, 0) is 0 Å². The predicted octanol–water partition coefficient (Wildman–Crippen LogP) is 4.63. The maximum atomic E-state index is 5.01. The predicted molar refractivity (Wildman–Crippen MR) is 87.6 cm³/mol. The Kier molecular flexibility index (Phi) is 4.08. The van der Waals surface area contributed by atoms with Crippen LogP contribution in [0.5, 0.6) is 0 Å². The highest BCUT2D eigenvalue weighted by molar-refractivity contribution is 8.14. The second-order valence-corrected chi connectivity index (χ2v) is 7.13. The molecule has 2 aliphatic rings. The molecule has 3 rings (SSSR count). The first-order chi connectivity index (χ1) is 9.31. The Labute approximate surface area is 123 Å². The topological polar surface area (TPSA) is 24.4 Å². The average Bonchev–Trinajstić information content (AvgIpc) is 2.83. The van der Waals surface area contributed by atoms with Gasteiger partial charge in [-0.1, -0.05) is 43.2 Å². The highest BCUT2D eigenvalue weighted by Crippen LogP contribution is 2.40. The van der Waals surface area contributed by atoms with Gasteiger partial charge in [0, 0.05) is 10.6 Å². The third kappa shape index (κ3) is 2.95. The molecule has 4 heteroatoms. The number of hydrogen-bond donors (Lipinski definition) is 1. The van der Waals surface area contributed by atoms with E-state index < -0.39 is 0 Å². The lowest BCUT2D eigenvalue weighted by molar-refractivity contribution is 0.335. The summed E-state index contributed by atoms with van der Waals surface area (Å²) in [4.78, 5) is 6.30. The second kappa shape index (κ2) is 5.80. The van der Waals surface area contributed by atoms with Gasteiger partial charge in [-0.15, -0.1) is 11.8 Å². The smallest absolute Gasteiger partial charge is 0.161 e. The molecule has 1 aromatic rings. The fourth-order valence-electron chi connectivity index (χ4n) is 2.88. The quantitative estimate of drug-likeness (QED) is 0.805. The molecule has 102 valence electrons. The van der Waals surface area contributed by atoms with E-state index in [9.17, 15) is 0 Å². The van der Waals surface area contributed by atoms with Crippen LogP contribution in [-0.4, -0.2) is 22.7 Å². The molecular weight excluding hydrogens is 272 g/mol. The van der Waals surface area contributed by atoms with Crippen molar-refractivity contribution in [2.45, 2.75) is 42.5 Å². The summed E-state index contributed by atoms with van der Waals surface area (Å²) in [6.07, 6.45) is 8.74. The van der Waals surface area contributed by atoms with Crippen LogP contribution in [0, 0.1) is 0 Å². The number of benzene rings is 1. The van der Waals surface area contributed by atoms with Crippen molar-refractivity contribution >= 4 is 34.4 Å². The van der Waals surface area contributed by atoms with Crippen LogP contribution >= 0.6 is 23.5 Å². The van der Waals surface area contributed by atoms with Crippen molar-refractivity contribution < 1.29 is 0 Å². The molecule has 1 aliphatic heterocycles. The van der Waals surface area contributed by atoms with Gasteiger partial charge in [0.25, 0.3) is 0 Å². The molecule has 0 bridgehead atoms. The minimum Gasteiger partial charge on any atom is -0.334 e. The molecule has 1 spiro atoms. The van der Waals surface area contributed by atoms with E-state index in [1.54, 1.807) is 11.8 Å². The summed E-state index contributed by atoms with van der Waals surface area (Å²) in [5.74, 6) is 1.16. The van der Waals surface area contributed by atoms with Gasteiger partial charge in [-0.25, -0.2) is 0 Å². The zero-order chi connectivity index (χ0) is 13.1. The Balaban J connectivity index is 1.75. The van der Waals surface area contributed by atoms with Crippen molar-refractivity contribution in [1.82, 2.24) is 0 Å². The number of nitrogens with one attached hydrogen (secondary N) is 1. The summed E-state index contributed by atoms with van der Waals surface area (Å²) in [6.45, 7) is 0. The fraction of sp³-hybridized carbons (Fsp3) is 0.533. The summed E-state index contributed by atoms with van der Waals surface area (Å²) in [6, 6.07) is 8.46. The van der Waals surface area contributed by atoms with Crippen LogP contribution in [0.25, 0.3) is 0 Å². The largest absolute Gasteiger partial charge is 0.334 e. The molecule has 1 fully saturated rings. The molecule has 1 heterocycles. The second-order valence-electron chi connectivity index (χ2n) is 5.32. The molecule has 1 saturated carbocycles. The Bertz CT molecular complexity index is 479. The molecule has 0 amide bonds. The number of rotatable bonds is 2. The molecule has 0 unspecified atom stereocenters. The summed E-state index contributed by atoms with van der Waals surface area (Å²) < 4.78 is 0. The molecular formula is C15H20N2S2. The third-order valence-electron chi connectivity index (χ3n) is 3.95. The first-order valence-corrected chi connectivity index (χ1v) is 9.15. The first kappa shape index (κ1) is 13.4. The van der Waals surface area contributed by atoms with Crippen LogP contribution in [0.3, 0.4) is 0 Å². The van der Waals surface area contributed by atoms with Gasteiger partial charge in [-0.3, -0.25) is 4.99 Å². The van der Waals surface area contributed by atoms with Crippen LogP contribution in [0.1, 0.15) is 32.1 Å². The number of para-hydroxylation sites is 1. The fourth-order valence-corrected chi connectivity index (χ4v) is 4.63. The van der Waals surface area contributed by atoms with E-state index >= 15 is 0 Å². The Hall–Kier alpha value is -0.610. The van der Waals surface area contributed by atoms with Crippen molar-refractivity contribution in [3.63, 3.8) is 0 Å². The van der Waals surface area contributed by atoms with Crippen LogP contribution in [0.4, 0.5) is 5.69 Å². The van der Waals surface area contributed by atoms with Gasteiger partial charge in [0.2, 0.25) is 0 Å². The van der Waals surface area contributed by atoms with Crippen LogP contribution in [0.15, 0.2) is 34.2 Å². The van der Waals surface area contributed by atoms with Gasteiger partial charge in [0.1, 0.15) is 0 Å². The number of amidine groups is 1. The number of anilines is 1. The number of hydrogen-bond acceptors (Lipinski definition) is 4. The van der Waals surface area contributed by atoms with Gasteiger partial charge in [-0.2, -0.15) is 0 Å². The Morgan fingerprint density at radius 3 is 2.79 bits per heavy atom. The maximum Gasteiger partial charge on any atom is 0.161 e. The lowest BCUT2D eigenvalue weighted by Gasteiger charge is -2.29.